The van der Waals surface area contributed by atoms with E-state index in [-0.39, 0.29) is 11.9 Å². The summed E-state index contributed by atoms with van der Waals surface area (Å²) in [6.07, 6.45) is 6.98. The average molecular weight is 515 g/mol. The van der Waals surface area contributed by atoms with Crippen LogP contribution in [0.2, 0.25) is 0 Å². The van der Waals surface area contributed by atoms with Gasteiger partial charge in [-0.3, -0.25) is 4.79 Å². The summed E-state index contributed by atoms with van der Waals surface area (Å²) in [7, 11) is -0.504. The van der Waals surface area contributed by atoms with Gasteiger partial charge in [-0.25, -0.2) is 14.8 Å². The SMILES string of the molecule is C[C@H](NC(=O)OC(C)(C)C)C(=O)N1CCC[C@H]1CN(c1ncc(B2OC(C)(C)C(C)(C)O2)cn1)C1CC1. The number of ether oxygens (including phenoxy) is 1. The van der Waals surface area contributed by atoms with E-state index in [0.717, 1.165) is 31.1 Å². The van der Waals surface area contributed by atoms with Crippen LogP contribution in [0.3, 0.4) is 0 Å². The smallest absolute Gasteiger partial charge is 0.444 e. The zero-order chi connectivity index (χ0) is 27.2. The molecule has 4 rings (SSSR count). The fourth-order valence-corrected chi connectivity index (χ4v) is 4.70. The van der Waals surface area contributed by atoms with Crippen LogP contribution in [0.4, 0.5) is 10.7 Å². The van der Waals surface area contributed by atoms with Gasteiger partial charge in [0.2, 0.25) is 11.9 Å². The first kappa shape index (κ1) is 27.6. The number of carbonyl (C=O) groups is 2. The van der Waals surface area contributed by atoms with E-state index in [2.05, 4.69) is 20.2 Å². The quantitative estimate of drug-likeness (QED) is 0.553. The Balaban J connectivity index is 1.40. The highest BCUT2D eigenvalue weighted by molar-refractivity contribution is 6.61. The first-order valence-corrected chi connectivity index (χ1v) is 13.4. The highest BCUT2D eigenvalue weighted by Crippen LogP contribution is 2.36. The Morgan fingerprint density at radius 2 is 1.76 bits per heavy atom. The van der Waals surface area contributed by atoms with Gasteiger partial charge >= 0.3 is 13.2 Å². The van der Waals surface area contributed by atoms with Crippen molar-refractivity contribution in [1.29, 1.82) is 0 Å². The molecule has 1 aromatic heterocycles. The minimum Gasteiger partial charge on any atom is -0.444 e. The van der Waals surface area contributed by atoms with Gasteiger partial charge in [0.25, 0.3) is 0 Å². The Hall–Kier alpha value is -2.40. The fraction of sp³-hybridized carbons (Fsp3) is 0.769. The molecule has 204 valence electrons. The number of rotatable bonds is 7. The van der Waals surface area contributed by atoms with E-state index in [1.165, 1.54) is 0 Å². The highest BCUT2D eigenvalue weighted by Gasteiger charge is 2.52. The Labute approximate surface area is 221 Å². The monoisotopic (exact) mass is 515 g/mol. The third-order valence-corrected chi connectivity index (χ3v) is 7.60. The van der Waals surface area contributed by atoms with E-state index in [9.17, 15) is 9.59 Å². The maximum absolute atomic E-state index is 13.2. The largest absolute Gasteiger partial charge is 0.498 e. The number of hydrogen-bond acceptors (Lipinski definition) is 8. The summed E-state index contributed by atoms with van der Waals surface area (Å²) in [6.45, 7) is 16.5. The first-order valence-electron chi connectivity index (χ1n) is 13.4. The van der Waals surface area contributed by atoms with Crippen molar-refractivity contribution in [2.24, 2.45) is 0 Å². The van der Waals surface area contributed by atoms with Gasteiger partial charge in [0.1, 0.15) is 11.6 Å². The van der Waals surface area contributed by atoms with E-state index in [1.807, 2.05) is 32.6 Å². The lowest BCUT2D eigenvalue weighted by Gasteiger charge is -2.32. The molecule has 2 aliphatic heterocycles. The molecule has 1 saturated carbocycles. The number of amides is 2. The Bertz CT molecular complexity index is 976. The third-order valence-electron chi connectivity index (χ3n) is 7.60. The van der Waals surface area contributed by atoms with Crippen molar-refractivity contribution in [3.05, 3.63) is 12.4 Å². The number of carbonyl (C=O) groups excluding carboxylic acids is 2. The molecule has 1 aliphatic carbocycles. The maximum Gasteiger partial charge on any atom is 0.498 e. The summed E-state index contributed by atoms with van der Waals surface area (Å²) in [6, 6.07) is -0.264. The van der Waals surface area contributed by atoms with Crippen LogP contribution in [0.5, 0.6) is 0 Å². The van der Waals surface area contributed by atoms with Crippen LogP contribution < -0.4 is 15.7 Å². The maximum atomic E-state index is 13.2. The second kappa shape index (κ2) is 10.1. The molecular formula is C26H42BN5O5. The number of alkyl carbamates (subject to hydrolysis) is 1. The van der Waals surface area contributed by atoms with Crippen molar-refractivity contribution in [3.63, 3.8) is 0 Å². The molecule has 0 bridgehead atoms. The van der Waals surface area contributed by atoms with Gasteiger partial charge in [0.15, 0.2) is 0 Å². The van der Waals surface area contributed by atoms with Crippen LogP contribution in [-0.4, -0.2) is 82.0 Å². The topological polar surface area (TPSA) is 106 Å². The van der Waals surface area contributed by atoms with E-state index >= 15 is 0 Å². The number of likely N-dealkylation sites (tertiary alicyclic amines) is 1. The molecule has 2 saturated heterocycles. The lowest BCUT2D eigenvalue weighted by molar-refractivity contribution is -0.133. The summed E-state index contributed by atoms with van der Waals surface area (Å²) in [5.74, 6) is 0.558. The lowest BCUT2D eigenvalue weighted by atomic mass is 9.81. The molecule has 3 heterocycles. The van der Waals surface area contributed by atoms with E-state index in [4.69, 9.17) is 14.0 Å². The normalized spacial score (nSPS) is 23.6. The molecule has 2 amide bonds. The predicted octanol–water partition coefficient (Wildman–Crippen LogP) is 2.65. The Morgan fingerprint density at radius 3 is 2.30 bits per heavy atom. The summed E-state index contributed by atoms with van der Waals surface area (Å²) in [5.41, 5.74) is -0.682. The van der Waals surface area contributed by atoms with Crippen LogP contribution in [0.25, 0.3) is 0 Å². The van der Waals surface area contributed by atoms with Gasteiger partial charge in [0, 0.05) is 43.0 Å². The molecule has 1 aromatic rings. The van der Waals surface area contributed by atoms with Crippen LogP contribution in [-0.2, 0) is 18.8 Å². The van der Waals surface area contributed by atoms with Crippen molar-refractivity contribution < 1.29 is 23.6 Å². The summed E-state index contributed by atoms with van der Waals surface area (Å²) in [4.78, 5) is 38.9. The molecule has 10 nitrogen and oxygen atoms in total. The van der Waals surface area contributed by atoms with Crippen molar-refractivity contribution in [2.75, 3.05) is 18.0 Å². The summed E-state index contributed by atoms with van der Waals surface area (Å²) in [5, 5.41) is 2.68. The van der Waals surface area contributed by atoms with Crippen molar-refractivity contribution in [3.8, 4) is 0 Å². The van der Waals surface area contributed by atoms with Crippen LogP contribution in [0, 0.1) is 0 Å². The number of anilines is 1. The predicted molar refractivity (Wildman–Crippen MR) is 142 cm³/mol. The third kappa shape index (κ3) is 6.37. The standard InChI is InChI=1S/C26H42BN5O5/c1-17(30-23(34)35-24(2,3)4)21(33)31-13-9-10-20(31)16-32(19-11-12-19)22-28-14-18(15-29-22)27-36-25(5,6)26(7,8)37-27/h14-15,17,19-20H,9-13,16H2,1-8H3,(H,30,34)/t17-,20-/m0/s1. The zero-order valence-electron chi connectivity index (χ0n) is 23.5. The molecule has 3 fully saturated rings. The molecule has 37 heavy (non-hydrogen) atoms. The molecule has 11 heteroatoms. The van der Waals surface area contributed by atoms with Crippen molar-refractivity contribution in [2.45, 2.75) is 116 Å². The van der Waals surface area contributed by atoms with Gasteiger partial charge in [-0.15, -0.1) is 0 Å². The van der Waals surface area contributed by atoms with Crippen molar-refractivity contribution in [1.82, 2.24) is 20.2 Å². The fourth-order valence-electron chi connectivity index (χ4n) is 4.70. The number of hydrogen-bond donors (Lipinski definition) is 1. The minimum atomic E-state index is -0.666. The first-order chi connectivity index (χ1) is 17.2. The van der Waals surface area contributed by atoms with Gasteiger partial charge in [-0.1, -0.05) is 0 Å². The summed E-state index contributed by atoms with van der Waals surface area (Å²) < 4.78 is 17.6. The average Bonchev–Trinajstić information content (AvgIpc) is 3.47. The minimum absolute atomic E-state index is 0.0300. The summed E-state index contributed by atoms with van der Waals surface area (Å²) >= 11 is 0. The van der Waals surface area contributed by atoms with Crippen LogP contribution >= 0.6 is 0 Å². The van der Waals surface area contributed by atoms with Crippen molar-refractivity contribution >= 4 is 30.5 Å². The molecule has 3 aliphatic rings. The zero-order valence-corrected chi connectivity index (χ0v) is 23.5. The molecular weight excluding hydrogens is 473 g/mol. The molecule has 0 aromatic carbocycles. The molecule has 0 spiro atoms. The molecule has 0 unspecified atom stereocenters. The van der Waals surface area contributed by atoms with Crippen LogP contribution in [0.15, 0.2) is 12.4 Å². The second-order valence-corrected chi connectivity index (χ2v) is 12.5. The van der Waals surface area contributed by atoms with E-state index in [1.54, 1.807) is 40.1 Å². The van der Waals surface area contributed by atoms with Gasteiger partial charge in [-0.2, -0.15) is 0 Å². The van der Waals surface area contributed by atoms with E-state index < -0.39 is 36.1 Å². The van der Waals surface area contributed by atoms with E-state index in [0.29, 0.717) is 25.1 Å². The van der Waals surface area contributed by atoms with Gasteiger partial charge in [-0.05, 0) is 81.1 Å². The Morgan fingerprint density at radius 1 is 1.16 bits per heavy atom. The Kier molecular flexibility index (Phi) is 7.51. The second-order valence-electron chi connectivity index (χ2n) is 12.5. The van der Waals surface area contributed by atoms with Gasteiger partial charge in [0.05, 0.1) is 11.2 Å². The van der Waals surface area contributed by atoms with Crippen LogP contribution in [0.1, 0.15) is 81.1 Å². The molecule has 2 atom stereocenters. The number of nitrogens with one attached hydrogen (secondary N) is 1. The number of aromatic nitrogens is 2. The highest BCUT2D eigenvalue weighted by atomic mass is 16.7. The number of nitrogens with zero attached hydrogens (tertiary/aromatic N) is 4. The molecule has 0 radical (unpaired) electrons. The van der Waals surface area contributed by atoms with Gasteiger partial charge < -0.3 is 29.2 Å². The molecule has 1 N–H and O–H groups in total. The lowest BCUT2D eigenvalue weighted by Crippen LogP contribution is -2.52.